The first-order valence-corrected chi connectivity index (χ1v) is 5.53. The second kappa shape index (κ2) is 4.12. The van der Waals surface area contributed by atoms with Crippen molar-refractivity contribution in [3.05, 3.63) is 24.0 Å². The van der Waals surface area contributed by atoms with Gasteiger partial charge in [-0.25, -0.2) is 0 Å². The van der Waals surface area contributed by atoms with Gasteiger partial charge in [0, 0.05) is 30.1 Å². The van der Waals surface area contributed by atoms with Crippen molar-refractivity contribution < 1.29 is 14.7 Å². The monoisotopic (exact) mass is 221 g/mol. The third-order valence-electron chi connectivity index (χ3n) is 3.10. The van der Waals surface area contributed by atoms with Gasteiger partial charge in [0.25, 0.3) is 0 Å². The molecule has 16 heavy (non-hydrogen) atoms. The fourth-order valence-corrected chi connectivity index (χ4v) is 2.19. The lowest BCUT2D eigenvalue weighted by Gasteiger charge is -2.05. The van der Waals surface area contributed by atoms with Crippen molar-refractivity contribution in [1.29, 1.82) is 0 Å². The quantitative estimate of drug-likeness (QED) is 0.822. The molecule has 1 fully saturated rings. The molecule has 0 radical (unpaired) electrons. The van der Waals surface area contributed by atoms with Crippen LogP contribution in [-0.4, -0.2) is 21.4 Å². The Hall–Kier alpha value is -1.58. The second-order valence-electron chi connectivity index (χ2n) is 4.22. The predicted octanol–water partition coefficient (Wildman–Crippen LogP) is 1.66. The second-order valence-corrected chi connectivity index (χ2v) is 4.22. The zero-order chi connectivity index (χ0) is 11.7. The summed E-state index contributed by atoms with van der Waals surface area (Å²) in [6.45, 7) is 1.85. The number of aromatic nitrogens is 1. The molecule has 0 spiro atoms. The lowest BCUT2D eigenvalue weighted by molar-refractivity contribution is -0.137. The van der Waals surface area contributed by atoms with Crippen LogP contribution in [0.5, 0.6) is 0 Å². The van der Waals surface area contributed by atoms with Gasteiger partial charge in [-0.05, 0) is 18.6 Å². The molecule has 4 heteroatoms. The Balaban J connectivity index is 2.09. The molecule has 1 aromatic heterocycles. The molecule has 0 bridgehead atoms. The molecule has 0 aliphatic heterocycles. The van der Waals surface area contributed by atoms with Gasteiger partial charge in [0.1, 0.15) is 12.3 Å². The largest absolute Gasteiger partial charge is 0.480 e. The number of nitrogens with zero attached hydrogens (tertiary/aromatic N) is 1. The molecule has 2 unspecified atom stereocenters. The highest BCUT2D eigenvalue weighted by Gasteiger charge is 2.44. The van der Waals surface area contributed by atoms with E-state index >= 15 is 0 Å². The maximum atomic E-state index is 11.5. The van der Waals surface area contributed by atoms with Gasteiger partial charge in [-0.2, -0.15) is 0 Å². The molecule has 0 saturated heterocycles. The van der Waals surface area contributed by atoms with E-state index in [-0.39, 0.29) is 24.2 Å². The van der Waals surface area contributed by atoms with Crippen molar-refractivity contribution in [1.82, 2.24) is 4.57 Å². The molecular formula is C12H15NO3. The SMILES string of the molecule is CCC(=O)C1CC1c1cccn1CC(=O)O. The van der Waals surface area contributed by atoms with E-state index in [0.717, 1.165) is 12.1 Å². The number of hydrogen-bond acceptors (Lipinski definition) is 2. The molecule has 1 N–H and O–H groups in total. The summed E-state index contributed by atoms with van der Waals surface area (Å²) in [5, 5.41) is 8.75. The molecule has 1 aliphatic rings. The molecule has 0 aromatic carbocycles. The van der Waals surface area contributed by atoms with E-state index in [1.54, 1.807) is 10.8 Å². The summed E-state index contributed by atoms with van der Waals surface area (Å²) in [7, 11) is 0. The minimum absolute atomic E-state index is 0.0220. The molecule has 2 atom stereocenters. The van der Waals surface area contributed by atoms with Crippen LogP contribution in [0.4, 0.5) is 0 Å². The first-order valence-electron chi connectivity index (χ1n) is 5.53. The Morgan fingerprint density at radius 1 is 1.56 bits per heavy atom. The third-order valence-corrected chi connectivity index (χ3v) is 3.10. The minimum atomic E-state index is -0.850. The van der Waals surface area contributed by atoms with Crippen LogP contribution >= 0.6 is 0 Å². The summed E-state index contributed by atoms with van der Waals surface area (Å²) in [4.78, 5) is 22.1. The van der Waals surface area contributed by atoms with Crippen LogP contribution in [-0.2, 0) is 16.1 Å². The third kappa shape index (κ3) is 2.01. The number of ketones is 1. The van der Waals surface area contributed by atoms with E-state index in [9.17, 15) is 9.59 Å². The standard InChI is InChI=1S/C12H15NO3/c1-2-11(14)9-6-8(9)10-4-3-5-13(10)7-12(15)16/h3-5,8-9H,2,6-7H2,1H3,(H,15,16). The number of carbonyl (C=O) groups is 2. The molecule has 86 valence electrons. The van der Waals surface area contributed by atoms with Crippen LogP contribution in [0.25, 0.3) is 0 Å². The summed E-state index contributed by atoms with van der Waals surface area (Å²) in [5.41, 5.74) is 0.981. The highest BCUT2D eigenvalue weighted by atomic mass is 16.4. The van der Waals surface area contributed by atoms with Crippen LogP contribution in [0.1, 0.15) is 31.4 Å². The highest BCUT2D eigenvalue weighted by Crippen LogP contribution is 2.48. The average Bonchev–Trinajstić information content (AvgIpc) is 2.91. The van der Waals surface area contributed by atoms with Gasteiger partial charge in [-0.3, -0.25) is 9.59 Å². The summed E-state index contributed by atoms with van der Waals surface area (Å²) in [6, 6.07) is 3.75. The number of hydrogen-bond donors (Lipinski definition) is 1. The first kappa shape index (κ1) is 10.9. The number of carbonyl (C=O) groups excluding carboxylic acids is 1. The Labute approximate surface area is 93.9 Å². The van der Waals surface area contributed by atoms with Crippen molar-refractivity contribution in [2.45, 2.75) is 32.2 Å². The number of rotatable bonds is 5. The smallest absolute Gasteiger partial charge is 0.323 e. The van der Waals surface area contributed by atoms with Crippen LogP contribution < -0.4 is 0 Å². The normalized spacial score (nSPS) is 23.1. The van der Waals surface area contributed by atoms with Gasteiger partial charge in [-0.1, -0.05) is 6.92 Å². The molecule has 1 aliphatic carbocycles. The van der Waals surface area contributed by atoms with Gasteiger partial charge in [-0.15, -0.1) is 0 Å². The average molecular weight is 221 g/mol. The Morgan fingerprint density at radius 3 is 2.94 bits per heavy atom. The van der Waals surface area contributed by atoms with Crippen LogP contribution in [0, 0.1) is 5.92 Å². The molecule has 1 heterocycles. The van der Waals surface area contributed by atoms with Crippen LogP contribution in [0.3, 0.4) is 0 Å². The van der Waals surface area contributed by atoms with Gasteiger partial charge in [0.05, 0.1) is 0 Å². The van der Waals surface area contributed by atoms with Crippen molar-refractivity contribution in [3.63, 3.8) is 0 Å². The van der Waals surface area contributed by atoms with Crippen LogP contribution in [0.15, 0.2) is 18.3 Å². The van der Waals surface area contributed by atoms with Gasteiger partial charge in [0.15, 0.2) is 0 Å². The van der Waals surface area contributed by atoms with E-state index in [4.69, 9.17) is 5.11 Å². The molecule has 2 rings (SSSR count). The molecule has 1 saturated carbocycles. The summed E-state index contributed by atoms with van der Waals surface area (Å²) < 4.78 is 1.72. The Kier molecular flexibility index (Phi) is 2.81. The lowest BCUT2D eigenvalue weighted by atomic mass is 10.1. The first-order chi connectivity index (χ1) is 7.63. The number of carboxylic acid groups (broad SMARTS) is 1. The van der Waals surface area contributed by atoms with E-state index in [1.165, 1.54) is 0 Å². The predicted molar refractivity (Wildman–Crippen MR) is 58.2 cm³/mol. The highest BCUT2D eigenvalue weighted by molar-refractivity contribution is 5.84. The van der Waals surface area contributed by atoms with Gasteiger partial charge < -0.3 is 9.67 Å². The van der Waals surface area contributed by atoms with E-state index < -0.39 is 5.97 Å². The van der Waals surface area contributed by atoms with Crippen molar-refractivity contribution in [2.24, 2.45) is 5.92 Å². The van der Waals surface area contributed by atoms with E-state index in [2.05, 4.69) is 0 Å². The van der Waals surface area contributed by atoms with E-state index in [1.807, 2.05) is 19.1 Å². The molecular weight excluding hydrogens is 206 g/mol. The summed E-state index contributed by atoms with van der Waals surface area (Å²) in [6.07, 6.45) is 3.20. The molecule has 0 amide bonds. The molecule has 4 nitrogen and oxygen atoms in total. The number of carboxylic acids is 1. The number of aliphatic carboxylic acids is 1. The van der Waals surface area contributed by atoms with Crippen LogP contribution in [0.2, 0.25) is 0 Å². The zero-order valence-corrected chi connectivity index (χ0v) is 9.22. The minimum Gasteiger partial charge on any atom is -0.480 e. The maximum Gasteiger partial charge on any atom is 0.323 e. The van der Waals surface area contributed by atoms with Gasteiger partial charge >= 0.3 is 5.97 Å². The van der Waals surface area contributed by atoms with Crippen molar-refractivity contribution in [2.75, 3.05) is 0 Å². The Morgan fingerprint density at radius 2 is 2.31 bits per heavy atom. The topological polar surface area (TPSA) is 59.3 Å². The fourth-order valence-electron chi connectivity index (χ4n) is 2.19. The van der Waals surface area contributed by atoms with Gasteiger partial charge in [0.2, 0.25) is 0 Å². The maximum absolute atomic E-state index is 11.5. The number of Topliss-reactive ketones (excluding diaryl/α,β-unsaturated/α-hetero) is 1. The summed E-state index contributed by atoms with van der Waals surface area (Å²) in [5.74, 6) is -0.209. The summed E-state index contributed by atoms with van der Waals surface area (Å²) >= 11 is 0. The Bertz CT molecular complexity index is 422. The van der Waals surface area contributed by atoms with Crippen molar-refractivity contribution >= 4 is 11.8 Å². The molecule has 1 aromatic rings. The lowest BCUT2D eigenvalue weighted by Crippen LogP contribution is -2.11. The fraction of sp³-hybridized carbons (Fsp3) is 0.500. The van der Waals surface area contributed by atoms with E-state index in [0.29, 0.717) is 6.42 Å². The van der Waals surface area contributed by atoms with Crippen molar-refractivity contribution in [3.8, 4) is 0 Å². The zero-order valence-electron chi connectivity index (χ0n) is 9.22.